The van der Waals surface area contributed by atoms with E-state index in [0.717, 1.165) is 37.9 Å². The average Bonchev–Trinajstić information content (AvgIpc) is 2.47. The Morgan fingerprint density at radius 1 is 1.42 bits per heavy atom. The first kappa shape index (κ1) is 13.9. The Bertz CT molecular complexity index is 456. The molecule has 0 saturated heterocycles. The molecule has 0 fully saturated rings. The van der Waals surface area contributed by atoms with Gasteiger partial charge in [0.25, 0.3) is 5.91 Å². The van der Waals surface area contributed by atoms with E-state index in [2.05, 4.69) is 25.2 Å². The monoisotopic (exact) mass is 260 g/mol. The second-order valence-electron chi connectivity index (χ2n) is 5.25. The van der Waals surface area contributed by atoms with Gasteiger partial charge in [-0.3, -0.25) is 4.79 Å². The third-order valence-corrected chi connectivity index (χ3v) is 4.01. The SMILES string of the molecule is CCC(C)N(CC)C(=O)c1ccc2c(c1)CCCN2. The number of nitrogens with one attached hydrogen (secondary N) is 1. The van der Waals surface area contributed by atoms with Crippen molar-refractivity contribution >= 4 is 11.6 Å². The molecule has 0 saturated carbocycles. The number of carbonyl (C=O) groups excluding carboxylic acids is 1. The summed E-state index contributed by atoms with van der Waals surface area (Å²) >= 11 is 0. The minimum atomic E-state index is 0.158. The van der Waals surface area contributed by atoms with Crippen molar-refractivity contribution in [2.75, 3.05) is 18.4 Å². The number of hydrogen-bond donors (Lipinski definition) is 1. The third kappa shape index (κ3) is 2.91. The predicted molar refractivity (Wildman–Crippen MR) is 79.7 cm³/mol. The molecule has 1 atom stereocenters. The fourth-order valence-corrected chi connectivity index (χ4v) is 2.65. The fourth-order valence-electron chi connectivity index (χ4n) is 2.65. The molecule has 1 unspecified atom stereocenters. The van der Waals surface area contributed by atoms with Crippen LogP contribution in [0.25, 0.3) is 0 Å². The summed E-state index contributed by atoms with van der Waals surface area (Å²) in [6.45, 7) is 8.08. The van der Waals surface area contributed by atoms with Crippen molar-refractivity contribution in [3.05, 3.63) is 29.3 Å². The van der Waals surface area contributed by atoms with E-state index in [0.29, 0.717) is 6.04 Å². The van der Waals surface area contributed by atoms with Crippen LogP contribution in [0.15, 0.2) is 18.2 Å². The number of rotatable bonds is 4. The fraction of sp³-hybridized carbons (Fsp3) is 0.562. The standard InChI is InChI=1S/C16H24N2O/c1-4-12(3)18(5-2)16(19)14-8-9-15-13(11-14)7-6-10-17-15/h8-9,11-12,17H,4-7,10H2,1-3H3. The number of benzene rings is 1. The van der Waals surface area contributed by atoms with Crippen LogP contribution >= 0.6 is 0 Å². The van der Waals surface area contributed by atoms with Crippen LogP contribution in [-0.2, 0) is 6.42 Å². The van der Waals surface area contributed by atoms with E-state index in [1.54, 1.807) is 0 Å². The van der Waals surface area contributed by atoms with E-state index in [9.17, 15) is 4.79 Å². The molecule has 1 aliphatic heterocycles. The number of fused-ring (bicyclic) bond motifs is 1. The van der Waals surface area contributed by atoms with E-state index < -0.39 is 0 Å². The van der Waals surface area contributed by atoms with Crippen LogP contribution in [-0.4, -0.2) is 29.9 Å². The molecule has 0 bridgehead atoms. The van der Waals surface area contributed by atoms with Crippen LogP contribution in [0, 0.1) is 0 Å². The van der Waals surface area contributed by atoms with Gasteiger partial charge in [-0.1, -0.05) is 6.92 Å². The molecular formula is C16H24N2O. The van der Waals surface area contributed by atoms with Gasteiger partial charge < -0.3 is 10.2 Å². The summed E-state index contributed by atoms with van der Waals surface area (Å²) in [5.74, 6) is 0.158. The van der Waals surface area contributed by atoms with Gasteiger partial charge in [0.1, 0.15) is 0 Å². The minimum Gasteiger partial charge on any atom is -0.385 e. The van der Waals surface area contributed by atoms with Crippen molar-refractivity contribution in [2.45, 2.75) is 46.1 Å². The first-order valence-corrected chi connectivity index (χ1v) is 7.35. The van der Waals surface area contributed by atoms with E-state index in [1.165, 1.54) is 11.3 Å². The summed E-state index contributed by atoms with van der Waals surface area (Å²) in [6.07, 6.45) is 3.21. The van der Waals surface area contributed by atoms with E-state index in [-0.39, 0.29) is 5.91 Å². The molecule has 3 heteroatoms. The van der Waals surface area contributed by atoms with Crippen molar-refractivity contribution in [1.82, 2.24) is 4.90 Å². The number of nitrogens with zero attached hydrogens (tertiary/aromatic N) is 1. The first-order chi connectivity index (χ1) is 9.17. The lowest BCUT2D eigenvalue weighted by molar-refractivity contribution is 0.0700. The molecule has 1 aromatic carbocycles. The summed E-state index contributed by atoms with van der Waals surface area (Å²) in [7, 11) is 0. The summed E-state index contributed by atoms with van der Waals surface area (Å²) in [4.78, 5) is 14.5. The zero-order valence-corrected chi connectivity index (χ0v) is 12.2. The molecule has 0 radical (unpaired) electrons. The van der Waals surface area contributed by atoms with Gasteiger partial charge in [-0.05, 0) is 56.9 Å². The lowest BCUT2D eigenvalue weighted by Gasteiger charge is -2.28. The molecule has 1 heterocycles. The Labute approximate surface area is 116 Å². The van der Waals surface area contributed by atoms with Gasteiger partial charge >= 0.3 is 0 Å². The summed E-state index contributed by atoms with van der Waals surface area (Å²) in [6, 6.07) is 6.36. The van der Waals surface area contributed by atoms with Crippen LogP contribution in [0.2, 0.25) is 0 Å². The molecule has 3 nitrogen and oxygen atoms in total. The number of anilines is 1. The highest BCUT2D eigenvalue weighted by atomic mass is 16.2. The first-order valence-electron chi connectivity index (χ1n) is 7.35. The molecule has 0 aromatic heterocycles. The average molecular weight is 260 g/mol. The van der Waals surface area contributed by atoms with Gasteiger partial charge in [-0.25, -0.2) is 0 Å². The van der Waals surface area contributed by atoms with Gasteiger partial charge in [0, 0.05) is 30.4 Å². The third-order valence-electron chi connectivity index (χ3n) is 4.01. The second-order valence-corrected chi connectivity index (χ2v) is 5.25. The largest absolute Gasteiger partial charge is 0.385 e. The van der Waals surface area contributed by atoms with Gasteiger partial charge in [-0.2, -0.15) is 0 Å². The highest BCUT2D eigenvalue weighted by Gasteiger charge is 2.20. The molecule has 0 spiro atoms. The van der Waals surface area contributed by atoms with Crippen LogP contribution < -0.4 is 5.32 Å². The number of amides is 1. The molecular weight excluding hydrogens is 236 g/mol. The van der Waals surface area contributed by atoms with E-state index >= 15 is 0 Å². The summed E-state index contributed by atoms with van der Waals surface area (Å²) in [5.41, 5.74) is 3.29. The zero-order valence-electron chi connectivity index (χ0n) is 12.2. The molecule has 1 aliphatic rings. The highest BCUT2D eigenvalue weighted by Crippen LogP contribution is 2.24. The molecule has 104 valence electrons. The number of carbonyl (C=O) groups is 1. The van der Waals surface area contributed by atoms with Crippen LogP contribution in [0.4, 0.5) is 5.69 Å². The van der Waals surface area contributed by atoms with E-state index in [4.69, 9.17) is 0 Å². The Balaban J connectivity index is 2.23. The van der Waals surface area contributed by atoms with Crippen LogP contribution in [0.3, 0.4) is 0 Å². The maximum absolute atomic E-state index is 12.6. The van der Waals surface area contributed by atoms with Crippen molar-refractivity contribution < 1.29 is 4.79 Å². The Morgan fingerprint density at radius 2 is 2.21 bits per heavy atom. The maximum atomic E-state index is 12.6. The molecule has 19 heavy (non-hydrogen) atoms. The van der Waals surface area contributed by atoms with Crippen molar-refractivity contribution in [3.8, 4) is 0 Å². The quantitative estimate of drug-likeness (QED) is 0.901. The summed E-state index contributed by atoms with van der Waals surface area (Å²) in [5, 5.41) is 3.38. The van der Waals surface area contributed by atoms with E-state index in [1.807, 2.05) is 24.0 Å². The maximum Gasteiger partial charge on any atom is 0.254 e. The lowest BCUT2D eigenvalue weighted by atomic mass is 10.00. The molecule has 1 amide bonds. The van der Waals surface area contributed by atoms with Crippen LogP contribution in [0.5, 0.6) is 0 Å². The van der Waals surface area contributed by atoms with Crippen LogP contribution in [0.1, 0.15) is 49.5 Å². The second kappa shape index (κ2) is 6.09. The van der Waals surface area contributed by atoms with Gasteiger partial charge in [-0.15, -0.1) is 0 Å². The zero-order chi connectivity index (χ0) is 13.8. The highest BCUT2D eigenvalue weighted by molar-refractivity contribution is 5.95. The van der Waals surface area contributed by atoms with Gasteiger partial charge in [0.05, 0.1) is 0 Å². The van der Waals surface area contributed by atoms with Gasteiger partial charge in [0.2, 0.25) is 0 Å². The normalized spacial score (nSPS) is 15.3. The Kier molecular flexibility index (Phi) is 4.46. The topological polar surface area (TPSA) is 32.3 Å². The smallest absolute Gasteiger partial charge is 0.254 e. The molecule has 0 aliphatic carbocycles. The van der Waals surface area contributed by atoms with Crippen molar-refractivity contribution in [2.24, 2.45) is 0 Å². The number of hydrogen-bond acceptors (Lipinski definition) is 2. The van der Waals surface area contributed by atoms with Gasteiger partial charge in [0.15, 0.2) is 0 Å². The Morgan fingerprint density at radius 3 is 2.89 bits per heavy atom. The minimum absolute atomic E-state index is 0.158. The summed E-state index contributed by atoms with van der Waals surface area (Å²) < 4.78 is 0. The Hall–Kier alpha value is -1.51. The van der Waals surface area contributed by atoms with Crippen molar-refractivity contribution in [3.63, 3.8) is 0 Å². The molecule has 2 rings (SSSR count). The molecule has 1 N–H and O–H groups in total. The number of aryl methyl sites for hydroxylation is 1. The molecule has 1 aromatic rings. The van der Waals surface area contributed by atoms with Crippen molar-refractivity contribution in [1.29, 1.82) is 0 Å². The lowest BCUT2D eigenvalue weighted by Crippen LogP contribution is -2.38. The predicted octanol–water partition coefficient (Wildman–Crippen LogP) is 3.31.